The minimum atomic E-state index is -1.09. The number of rotatable bonds is 7. The fraction of sp³-hybridized carbons (Fsp3) is 0.269. The van der Waals surface area contributed by atoms with E-state index in [0.717, 1.165) is 11.1 Å². The van der Waals surface area contributed by atoms with Crippen LogP contribution in [0.3, 0.4) is 0 Å². The minimum absolute atomic E-state index is 0.0995. The molecule has 0 spiro atoms. The lowest BCUT2D eigenvalue weighted by Crippen LogP contribution is -2.38. The maximum atomic E-state index is 12.4. The van der Waals surface area contributed by atoms with E-state index in [1.54, 1.807) is 19.2 Å². The Morgan fingerprint density at radius 3 is 1.91 bits per heavy atom. The number of likely N-dealkylation sites (N-methyl/N-ethyl adjacent to an activating group) is 1. The lowest BCUT2D eigenvalue weighted by molar-refractivity contribution is -0.117. The number of benzene rings is 3. The molecular formula is C26H28Cl2N2O2Si. The summed E-state index contributed by atoms with van der Waals surface area (Å²) in [7, 11) is 1.78. The van der Waals surface area contributed by atoms with Gasteiger partial charge in [0.15, 0.2) is 0 Å². The molecule has 33 heavy (non-hydrogen) atoms. The number of nitrogens with two attached hydrogens (primary N) is 1. The van der Waals surface area contributed by atoms with E-state index in [2.05, 4.69) is 20.8 Å². The van der Waals surface area contributed by atoms with E-state index in [9.17, 15) is 4.79 Å². The zero-order valence-corrected chi connectivity index (χ0v) is 21.7. The lowest BCUT2D eigenvalue weighted by atomic mass is 9.80. The highest BCUT2D eigenvalue weighted by atomic mass is 35.5. The van der Waals surface area contributed by atoms with Crippen molar-refractivity contribution < 1.29 is 9.22 Å². The van der Waals surface area contributed by atoms with Crippen molar-refractivity contribution in [2.75, 3.05) is 18.5 Å². The van der Waals surface area contributed by atoms with Crippen molar-refractivity contribution in [2.24, 2.45) is 5.73 Å². The van der Waals surface area contributed by atoms with Gasteiger partial charge in [-0.15, -0.1) is 0 Å². The summed E-state index contributed by atoms with van der Waals surface area (Å²) in [4.78, 5) is 13.8. The Balaban J connectivity index is 2.40. The standard InChI is InChI=1S/C26H28Cl2N2O2Si/c1-25(2,3)33-32-26(18-11-7-5-8-12-18,19-13-9-6-10-14-19)23-20(27)15-16-21(24(23)28)30(4)22(31)17-29/h5-16H,17,29H2,1-4H3. The van der Waals surface area contributed by atoms with Gasteiger partial charge in [-0.1, -0.05) is 105 Å². The third-order valence-corrected chi connectivity index (χ3v) is 6.92. The van der Waals surface area contributed by atoms with Crippen molar-refractivity contribution in [2.45, 2.75) is 31.4 Å². The smallest absolute Gasteiger partial charge is 0.240 e. The molecule has 0 aliphatic rings. The summed E-state index contributed by atoms with van der Waals surface area (Å²) in [6, 6.07) is 23.3. The molecule has 2 N–H and O–H groups in total. The van der Waals surface area contributed by atoms with E-state index in [-0.39, 0.29) is 27.3 Å². The molecule has 0 aliphatic carbocycles. The topological polar surface area (TPSA) is 55.6 Å². The van der Waals surface area contributed by atoms with Gasteiger partial charge in [-0.3, -0.25) is 4.79 Å². The van der Waals surface area contributed by atoms with Gasteiger partial charge in [-0.2, -0.15) is 0 Å². The first kappa shape index (κ1) is 25.5. The van der Waals surface area contributed by atoms with Crippen molar-refractivity contribution in [3.05, 3.63) is 99.5 Å². The molecule has 3 rings (SSSR count). The Labute approximate surface area is 208 Å². The molecule has 0 aromatic heterocycles. The Morgan fingerprint density at radius 1 is 0.939 bits per heavy atom. The van der Waals surface area contributed by atoms with E-state index >= 15 is 0 Å². The van der Waals surface area contributed by atoms with Crippen molar-refractivity contribution in [1.29, 1.82) is 0 Å². The van der Waals surface area contributed by atoms with Crippen LogP contribution in [-0.2, 0) is 14.8 Å². The third kappa shape index (κ3) is 5.34. The molecule has 0 heterocycles. The van der Waals surface area contributed by atoms with Crippen molar-refractivity contribution in [3.8, 4) is 0 Å². The molecule has 2 radical (unpaired) electrons. The monoisotopic (exact) mass is 498 g/mol. The summed E-state index contributed by atoms with van der Waals surface area (Å²) >= 11 is 13.9. The number of carbonyl (C=O) groups excluding carboxylic acids is 1. The maximum Gasteiger partial charge on any atom is 0.240 e. The number of carbonyl (C=O) groups is 1. The number of halogens is 2. The Morgan fingerprint density at radius 2 is 1.45 bits per heavy atom. The maximum absolute atomic E-state index is 12.4. The van der Waals surface area contributed by atoms with Gasteiger partial charge in [-0.05, 0) is 28.3 Å². The predicted octanol–water partition coefficient (Wildman–Crippen LogP) is 6.06. The van der Waals surface area contributed by atoms with Crippen LogP contribution in [0.15, 0.2) is 72.8 Å². The van der Waals surface area contributed by atoms with E-state index < -0.39 is 5.60 Å². The first-order chi connectivity index (χ1) is 15.6. The molecule has 0 saturated carbocycles. The van der Waals surface area contributed by atoms with Gasteiger partial charge < -0.3 is 15.1 Å². The first-order valence-electron chi connectivity index (χ1n) is 10.6. The van der Waals surface area contributed by atoms with Crippen LogP contribution >= 0.6 is 23.2 Å². The molecule has 0 saturated heterocycles. The molecular weight excluding hydrogens is 471 g/mol. The molecule has 172 valence electrons. The lowest BCUT2D eigenvalue weighted by Gasteiger charge is -2.39. The van der Waals surface area contributed by atoms with Crippen LogP contribution in [0.4, 0.5) is 5.69 Å². The largest absolute Gasteiger partial charge is 0.400 e. The second kappa shape index (κ2) is 10.4. The highest BCUT2D eigenvalue weighted by molar-refractivity contribution is 6.39. The molecule has 3 aromatic rings. The molecule has 4 nitrogen and oxygen atoms in total. The summed E-state index contributed by atoms with van der Waals surface area (Å²) in [6.07, 6.45) is 0. The molecule has 7 heteroatoms. The molecule has 0 bridgehead atoms. The highest BCUT2D eigenvalue weighted by Gasteiger charge is 2.42. The van der Waals surface area contributed by atoms with Gasteiger partial charge >= 0.3 is 0 Å². The molecule has 1 amide bonds. The first-order valence-corrected chi connectivity index (χ1v) is 12.3. The van der Waals surface area contributed by atoms with Crippen LogP contribution in [0, 0.1) is 0 Å². The molecule has 0 unspecified atom stereocenters. The number of hydrogen-bond acceptors (Lipinski definition) is 3. The van der Waals surface area contributed by atoms with E-state index in [1.807, 2.05) is 60.7 Å². The van der Waals surface area contributed by atoms with Gasteiger partial charge in [0.2, 0.25) is 15.7 Å². The van der Waals surface area contributed by atoms with Gasteiger partial charge in [0.05, 0.1) is 17.3 Å². The Kier molecular flexibility index (Phi) is 8.03. The average Bonchev–Trinajstić information content (AvgIpc) is 2.81. The summed E-state index contributed by atoms with van der Waals surface area (Å²) in [5, 5.41) is 0.694. The Hall–Kier alpha value is -2.15. The van der Waals surface area contributed by atoms with Crippen LogP contribution < -0.4 is 10.6 Å². The molecule has 3 aromatic carbocycles. The van der Waals surface area contributed by atoms with Crippen LogP contribution in [0.1, 0.15) is 37.5 Å². The number of amides is 1. The van der Waals surface area contributed by atoms with Gasteiger partial charge in [0, 0.05) is 17.6 Å². The zero-order valence-electron chi connectivity index (χ0n) is 19.2. The molecule has 0 fully saturated rings. The van der Waals surface area contributed by atoms with Crippen LogP contribution in [0.2, 0.25) is 15.1 Å². The van der Waals surface area contributed by atoms with Crippen LogP contribution in [0.5, 0.6) is 0 Å². The Bertz CT molecular complexity index is 1060. The average molecular weight is 500 g/mol. The van der Waals surface area contributed by atoms with E-state index in [0.29, 0.717) is 21.3 Å². The predicted molar refractivity (Wildman–Crippen MR) is 138 cm³/mol. The van der Waals surface area contributed by atoms with E-state index in [1.165, 1.54) is 4.90 Å². The summed E-state index contributed by atoms with van der Waals surface area (Å²) in [5.41, 5.74) is 7.41. The highest BCUT2D eigenvalue weighted by Crippen LogP contribution is 2.49. The molecule has 0 atom stereocenters. The number of anilines is 1. The summed E-state index contributed by atoms with van der Waals surface area (Å²) in [5.74, 6) is -0.257. The fourth-order valence-electron chi connectivity index (χ4n) is 3.59. The van der Waals surface area contributed by atoms with Crippen molar-refractivity contribution in [3.63, 3.8) is 0 Å². The van der Waals surface area contributed by atoms with Crippen molar-refractivity contribution in [1.82, 2.24) is 0 Å². The third-order valence-electron chi connectivity index (χ3n) is 5.20. The number of hydrogen-bond donors (Lipinski definition) is 1. The fourth-order valence-corrected chi connectivity index (χ4v) is 5.15. The van der Waals surface area contributed by atoms with Gasteiger partial charge in [0.1, 0.15) is 5.60 Å². The van der Waals surface area contributed by atoms with Crippen molar-refractivity contribution >= 4 is 44.6 Å². The normalized spacial score (nSPS) is 12.0. The second-order valence-electron chi connectivity index (χ2n) is 8.78. The summed E-state index contributed by atoms with van der Waals surface area (Å²) in [6.45, 7) is 6.24. The quantitative estimate of drug-likeness (QED) is 0.318. The SMILES string of the molecule is CN(C(=O)CN)c1ccc(Cl)c(C(O[Si]C(C)(C)C)(c2ccccc2)c2ccccc2)c1Cl. The van der Waals surface area contributed by atoms with Crippen LogP contribution in [0.25, 0.3) is 0 Å². The minimum Gasteiger partial charge on any atom is -0.400 e. The number of nitrogens with zero attached hydrogens (tertiary/aromatic N) is 1. The van der Waals surface area contributed by atoms with Gasteiger partial charge in [0.25, 0.3) is 0 Å². The van der Waals surface area contributed by atoms with Crippen LogP contribution in [-0.4, -0.2) is 29.3 Å². The van der Waals surface area contributed by atoms with Gasteiger partial charge in [-0.25, -0.2) is 0 Å². The zero-order chi connectivity index (χ0) is 24.2. The van der Waals surface area contributed by atoms with E-state index in [4.69, 9.17) is 33.4 Å². The summed E-state index contributed by atoms with van der Waals surface area (Å²) < 4.78 is 6.87. The molecule has 0 aliphatic heterocycles. The second-order valence-corrected chi connectivity index (χ2v) is 11.5.